The molecule has 1 atom stereocenters. The number of carbonyl (C=O) groups excluding carboxylic acids is 2. The maximum Gasteiger partial charge on any atom is 0.310 e. The molecule has 0 radical (unpaired) electrons. The summed E-state index contributed by atoms with van der Waals surface area (Å²) < 4.78 is 5.06. The number of ether oxygens (including phenoxy) is 1. The van der Waals surface area contributed by atoms with E-state index in [0.29, 0.717) is 30.9 Å². The molecule has 7 heteroatoms. The van der Waals surface area contributed by atoms with Gasteiger partial charge in [0.05, 0.1) is 12.5 Å². The minimum Gasteiger partial charge on any atom is -0.466 e. The summed E-state index contributed by atoms with van der Waals surface area (Å²) in [6, 6.07) is 10.2. The molecule has 1 aromatic rings. The Balaban J connectivity index is 2.01. The summed E-state index contributed by atoms with van der Waals surface area (Å²) in [6.07, 6.45) is 2.81. The molecule has 0 aliphatic carbocycles. The number of hydrogen-bond donors (Lipinski definition) is 1. The summed E-state index contributed by atoms with van der Waals surface area (Å²) in [4.78, 5) is 26.2. The van der Waals surface area contributed by atoms with E-state index in [1.54, 1.807) is 48.2 Å². The van der Waals surface area contributed by atoms with E-state index >= 15 is 0 Å². The van der Waals surface area contributed by atoms with Gasteiger partial charge < -0.3 is 15.0 Å². The maximum absolute atomic E-state index is 12.7. The molecular formula is C19H20N4O3. The summed E-state index contributed by atoms with van der Waals surface area (Å²) >= 11 is 0. The normalized spacial score (nSPS) is 16.0. The Morgan fingerprint density at radius 3 is 2.62 bits per heavy atom. The molecule has 0 aromatic heterocycles. The third-order valence-electron chi connectivity index (χ3n) is 4.08. The minimum absolute atomic E-state index is 0.0384. The van der Waals surface area contributed by atoms with Crippen molar-refractivity contribution < 1.29 is 14.3 Å². The lowest BCUT2D eigenvalue weighted by molar-refractivity contribution is -0.149. The van der Waals surface area contributed by atoms with Gasteiger partial charge in [0.2, 0.25) is 0 Å². The molecule has 7 nitrogen and oxygen atoms in total. The fourth-order valence-electron chi connectivity index (χ4n) is 2.75. The van der Waals surface area contributed by atoms with Crippen LogP contribution in [-0.2, 0) is 9.53 Å². The molecule has 1 unspecified atom stereocenters. The van der Waals surface area contributed by atoms with Gasteiger partial charge >= 0.3 is 5.97 Å². The van der Waals surface area contributed by atoms with Crippen LogP contribution in [0.5, 0.6) is 0 Å². The lowest BCUT2D eigenvalue weighted by Gasteiger charge is -2.31. The quantitative estimate of drug-likeness (QED) is 0.644. The number of piperidine rings is 1. The number of hydrogen-bond acceptors (Lipinski definition) is 6. The number of esters is 1. The zero-order valence-corrected chi connectivity index (χ0v) is 14.6. The molecule has 0 saturated carbocycles. The predicted molar refractivity (Wildman–Crippen MR) is 94.6 cm³/mol. The van der Waals surface area contributed by atoms with E-state index in [9.17, 15) is 9.59 Å². The van der Waals surface area contributed by atoms with Crippen LogP contribution >= 0.6 is 0 Å². The smallest absolute Gasteiger partial charge is 0.310 e. The summed E-state index contributed by atoms with van der Waals surface area (Å²) in [5.74, 6) is -0.646. The molecule has 1 heterocycles. The second-order valence-electron chi connectivity index (χ2n) is 5.85. The van der Waals surface area contributed by atoms with E-state index in [2.05, 4.69) is 5.32 Å². The highest BCUT2D eigenvalue weighted by Crippen LogP contribution is 2.20. The summed E-state index contributed by atoms with van der Waals surface area (Å²) in [7, 11) is 0. The Bertz CT molecular complexity index is 755. The highest BCUT2D eigenvalue weighted by atomic mass is 16.5. The third kappa shape index (κ3) is 4.84. The average molecular weight is 352 g/mol. The molecule has 1 aliphatic heterocycles. The zero-order chi connectivity index (χ0) is 18.9. The minimum atomic E-state index is -0.269. The molecule has 1 saturated heterocycles. The molecule has 26 heavy (non-hydrogen) atoms. The molecule has 1 amide bonds. The number of benzene rings is 1. The number of anilines is 1. The van der Waals surface area contributed by atoms with Crippen molar-refractivity contribution in [2.24, 2.45) is 5.92 Å². The van der Waals surface area contributed by atoms with Crippen LogP contribution in [0.15, 0.2) is 36.0 Å². The first-order chi connectivity index (χ1) is 12.6. The van der Waals surface area contributed by atoms with Gasteiger partial charge in [0.15, 0.2) is 0 Å². The molecular weight excluding hydrogens is 332 g/mol. The molecule has 134 valence electrons. The second kappa shape index (κ2) is 9.24. The number of rotatable bonds is 5. The molecule has 0 spiro atoms. The lowest BCUT2D eigenvalue weighted by atomic mass is 9.97. The lowest BCUT2D eigenvalue weighted by Crippen LogP contribution is -2.42. The number of nitrogens with one attached hydrogen (secondary N) is 1. The number of nitrogens with zero attached hydrogens (tertiary/aromatic N) is 3. The van der Waals surface area contributed by atoms with Crippen LogP contribution in [-0.4, -0.2) is 36.5 Å². The summed E-state index contributed by atoms with van der Waals surface area (Å²) in [5.41, 5.74) is 1.14. The largest absolute Gasteiger partial charge is 0.466 e. The molecule has 0 bridgehead atoms. The van der Waals surface area contributed by atoms with Crippen molar-refractivity contribution >= 4 is 17.6 Å². The number of likely N-dealkylation sites (tertiary alicyclic amines) is 1. The van der Waals surface area contributed by atoms with Crippen molar-refractivity contribution in [1.29, 1.82) is 10.5 Å². The number of nitriles is 2. The van der Waals surface area contributed by atoms with Gasteiger partial charge in [-0.25, -0.2) is 0 Å². The first kappa shape index (κ1) is 19.0. The van der Waals surface area contributed by atoms with Gasteiger partial charge in [-0.05, 0) is 44.0 Å². The Labute approximate surface area is 152 Å². The number of carbonyl (C=O) groups is 2. The van der Waals surface area contributed by atoms with Gasteiger partial charge in [-0.1, -0.05) is 0 Å². The van der Waals surface area contributed by atoms with Crippen LogP contribution in [0.2, 0.25) is 0 Å². The van der Waals surface area contributed by atoms with E-state index in [4.69, 9.17) is 15.3 Å². The Hall–Kier alpha value is -3.32. The maximum atomic E-state index is 12.7. The number of amides is 1. The van der Waals surface area contributed by atoms with Crippen LogP contribution < -0.4 is 5.32 Å². The van der Waals surface area contributed by atoms with Crippen molar-refractivity contribution in [3.8, 4) is 12.1 Å². The highest BCUT2D eigenvalue weighted by molar-refractivity contribution is 5.95. The van der Waals surface area contributed by atoms with E-state index < -0.39 is 0 Å². The van der Waals surface area contributed by atoms with Crippen LogP contribution in [0, 0.1) is 28.6 Å². The van der Waals surface area contributed by atoms with Gasteiger partial charge in [0.25, 0.3) is 5.91 Å². The SMILES string of the molecule is CCOC(=O)C1CCCN(C(=O)c2ccc(NC=C(C#N)C#N)cc2)C1. The molecule has 1 aliphatic rings. The van der Waals surface area contributed by atoms with Crippen LogP contribution in [0.4, 0.5) is 5.69 Å². The third-order valence-corrected chi connectivity index (χ3v) is 4.08. The zero-order valence-electron chi connectivity index (χ0n) is 14.6. The highest BCUT2D eigenvalue weighted by Gasteiger charge is 2.29. The fraction of sp³-hybridized carbons (Fsp3) is 0.368. The van der Waals surface area contributed by atoms with Gasteiger partial charge in [-0.3, -0.25) is 9.59 Å². The molecule has 1 fully saturated rings. The Kier molecular flexibility index (Phi) is 6.75. The van der Waals surface area contributed by atoms with E-state index in [-0.39, 0.29) is 23.4 Å². The van der Waals surface area contributed by atoms with Crippen LogP contribution in [0.3, 0.4) is 0 Å². The van der Waals surface area contributed by atoms with Gasteiger partial charge in [-0.15, -0.1) is 0 Å². The molecule has 2 rings (SSSR count). The first-order valence-corrected chi connectivity index (χ1v) is 8.42. The van der Waals surface area contributed by atoms with Gasteiger partial charge in [-0.2, -0.15) is 10.5 Å². The van der Waals surface area contributed by atoms with E-state index in [1.807, 2.05) is 0 Å². The first-order valence-electron chi connectivity index (χ1n) is 8.42. The predicted octanol–water partition coefficient (Wildman–Crippen LogP) is 2.44. The van der Waals surface area contributed by atoms with Crippen molar-refractivity contribution in [3.63, 3.8) is 0 Å². The number of allylic oxidation sites excluding steroid dienone is 1. The van der Waals surface area contributed by atoms with Crippen molar-refractivity contribution in [3.05, 3.63) is 41.6 Å². The van der Waals surface area contributed by atoms with Gasteiger partial charge in [0, 0.05) is 30.5 Å². The van der Waals surface area contributed by atoms with E-state index in [1.165, 1.54) is 6.20 Å². The fourth-order valence-corrected chi connectivity index (χ4v) is 2.75. The average Bonchev–Trinajstić information content (AvgIpc) is 2.69. The van der Waals surface area contributed by atoms with Crippen LogP contribution in [0.25, 0.3) is 0 Å². The van der Waals surface area contributed by atoms with Crippen LogP contribution in [0.1, 0.15) is 30.1 Å². The van der Waals surface area contributed by atoms with Crippen molar-refractivity contribution in [2.45, 2.75) is 19.8 Å². The summed E-state index contributed by atoms with van der Waals surface area (Å²) in [6.45, 7) is 3.09. The standard InChI is InChI=1S/C19H20N4O3/c1-2-26-19(25)16-4-3-9-23(13-16)18(24)15-5-7-17(8-6-15)22-12-14(10-20)11-21/h5-8,12,16,22H,2-4,9,13H2,1H3. The van der Waals surface area contributed by atoms with Gasteiger partial charge in [0.1, 0.15) is 17.7 Å². The molecule has 1 aromatic carbocycles. The Morgan fingerprint density at radius 1 is 1.31 bits per heavy atom. The van der Waals surface area contributed by atoms with Crippen molar-refractivity contribution in [1.82, 2.24) is 4.90 Å². The monoisotopic (exact) mass is 352 g/mol. The topological polar surface area (TPSA) is 106 Å². The van der Waals surface area contributed by atoms with E-state index in [0.717, 1.165) is 12.8 Å². The summed E-state index contributed by atoms with van der Waals surface area (Å²) in [5, 5.41) is 20.2. The molecule has 1 N–H and O–H groups in total. The second-order valence-corrected chi connectivity index (χ2v) is 5.85. The Morgan fingerprint density at radius 2 is 2.00 bits per heavy atom. The van der Waals surface area contributed by atoms with Crippen molar-refractivity contribution in [2.75, 3.05) is 25.0 Å².